The first-order chi connectivity index (χ1) is 14.3. The maximum atomic E-state index is 12.7. The Bertz CT molecular complexity index is 766. The summed E-state index contributed by atoms with van der Waals surface area (Å²) >= 11 is 0. The Morgan fingerprint density at radius 1 is 1.17 bits per heavy atom. The average molecular weight is 399 g/mol. The first-order valence-electron chi connectivity index (χ1n) is 10.0. The van der Waals surface area contributed by atoms with Crippen molar-refractivity contribution in [1.82, 2.24) is 20.2 Å². The molecule has 2 N–H and O–H groups in total. The van der Waals surface area contributed by atoms with Crippen LogP contribution in [0.4, 0.5) is 5.82 Å². The number of hydrogen-bond donors (Lipinski definition) is 2. The molecular weight excluding hydrogens is 370 g/mol. The quantitative estimate of drug-likeness (QED) is 0.587. The second-order valence-electron chi connectivity index (χ2n) is 6.81. The number of aromatic nitrogens is 2. The maximum absolute atomic E-state index is 12.7. The molecule has 1 aromatic heterocycles. The predicted molar refractivity (Wildman–Crippen MR) is 112 cm³/mol. The summed E-state index contributed by atoms with van der Waals surface area (Å²) in [4.78, 5) is 24.0. The summed E-state index contributed by atoms with van der Waals surface area (Å²) in [6.45, 7) is 6.04. The summed E-state index contributed by atoms with van der Waals surface area (Å²) in [7, 11) is 1.68. The van der Waals surface area contributed by atoms with E-state index in [4.69, 9.17) is 9.47 Å². The number of amides is 1. The average Bonchev–Trinajstić information content (AvgIpc) is 2.78. The van der Waals surface area contributed by atoms with E-state index in [0.29, 0.717) is 37.0 Å². The largest absolute Gasteiger partial charge is 0.385 e. The van der Waals surface area contributed by atoms with E-state index in [-0.39, 0.29) is 5.91 Å². The van der Waals surface area contributed by atoms with Crippen molar-refractivity contribution in [3.05, 3.63) is 42.1 Å². The number of methoxy groups -OCH3 is 1. The lowest BCUT2D eigenvalue weighted by atomic mass is 10.2. The number of benzene rings is 1. The minimum Gasteiger partial charge on any atom is -0.385 e. The lowest BCUT2D eigenvalue weighted by Gasteiger charge is -2.26. The summed E-state index contributed by atoms with van der Waals surface area (Å²) < 4.78 is 10.4. The molecule has 3 rings (SSSR count). The molecular formula is C21H29N5O3. The van der Waals surface area contributed by atoms with Gasteiger partial charge >= 0.3 is 0 Å². The summed E-state index contributed by atoms with van der Waals surface area (Å²) in [6.07, 6.45) is 0.849. The minimum absolute atomic E-state index is 0.196. The molecule has 0 spiro atoms. The smallest absolute Gasteiger partial charge is 0.270 e. The van der Waals surface area contributed by atoms with Crippen LogP contribution in [0.15, 0.2) is 36.4 Å². The number of ether oxygens (including phenoxy) is 2. The Morgan fingerprint density at radius 2 is 1.97 bits per heavy atom. The van der Waals surface area contributed by atoms with Gasteiger partial charge in [0.05, 0.1) is 13.2 Å². The van der Waals surface area contributed by atoms with Gasteiger partial charge in [-0.25, -0.2) is 9.97 Å². The van der Waals surface area contributed by atoms with Gasteiger partial charge in [0.15, 0.2) is 5.82 Å². The topological polar surface area (TPSA) is 88.6 Å². The predicted octanol–water partition coefficient (Wildman–Crippen LogP) is 1.65. The van der Waals surface area contributed by atoms with Gasteiger partial charge in [-0.3, -0.25) is 9.69 Å². The van der Waals surface area contributed by atoms with Crippen LogP contribution in [0.5, 0.6) is 0 Å². The minimum atomic E-state index is -0.196. The zero-order valence-electron chi connectivity index (χ0n) is 16.9. The molecule has 8 heteroatoms. The van der Waals surface area contributed by atoms with Gasteiger partial charge in [0, 0.05) is 58.1 Å². The molecule has 1 amide bonds. The van der Waals surface area contributed by atoms with Gasteiger partial charge < -0.3 is 20.1 Å². The fraction of sp³-hybridized carbons (Fsp3) is 0.476. The normalized spacial score (nSPS) is 14.5. The van der Waals surface area contributed by atoms with E-state index < -0.39 is 0 Å². The molecule has 0 unspecified atom stereocenters. The highest BCUT2D eigenvalue weighted by Gasteiger charge is 2.14. The van der Waals surface area contributed by atoms with Crippen LogP contribution in [-0.4, -0.2) is 80.4 Å². The van der Waals surface area contributed by atoms with Crippen molar-refractivity contribution in [1.29, 1.82) is 0 Å². The Balaban J connectivity index is 1.67. The van der Waals surface area contributed by atoms with Crippen molar-refractivity contribution in [2.45, 2.75) is 6.42 Å². The zero-order chi connectivity index (χ0) is 20.3. The van der Waals surface area contributed by atoms with Gasteiger partial charge in [-0.2, -0.15) is 0 Å². The van der Waals surface area contributed by atoms with E-state index in [1.165, 1.54) is 0 Å². The van der Waals surface area contributed by atoms with Gasteiger partial charge in [0.1, 0.15) is 11.5 Å². The van der Waals surface area contributed by atoms with Gasteiger partial charge in [-0.05, 0) is 6.42 Å². The molecule has 1 aliphatic heterocycles. The van der Waals surface area contributed by atoms with Crippen molar-refractivity contribution < 1.29 is 14.3 Å². The molecule has 0 atom stereocenters. The molecule has 0 aliphatic carbocycles. The van der Waals surface area contributed by atoms with Crippen molar-refractivity contribution in [2.24, 2.45) is 0 Å². The first-order valence-corrected chi connectivity index (χ1v) is 10.0. The summed E-state index contributed by atoms with van der Waals surface area (Å²) in [5.74, 6) is 0.965. The van der Waals surface area contributed by atoms with Gasteiger partial charge in [-0.1, -0.05) is 30.3 Å². The summed E-state index contributed by atoms with van der Waals surface area (Å²) in [5, 5.41) is 6.23. The molecule has 2 aromatic rings. The maximum Gasteiger partial charge on any atom is 0.270 e. The van der Waals surface area contributed by atoms with E-state index >= 15 is 0 Å². The molecule has 156 valence electrons. The first kappa shape index (κ1) is 21.2. The van der Waals surface area contributed by atoms with Crippen LogP contribution in [0, 0.1) is 0 Å². The number of carbonyl (C=O) groups is 1. The summed E-state index contributed by atoms with van der Waals surface area (Å²) in [6, 6.07) is 11.4. The number of anilines is 1. The van der Waals surface area contributed by atoms with E-state index in [1.54, 1.807) is 13.2 Å². The Hall–Kier alpha value is -2.55. The number of rotatable bonds is 10. The van der Waals surface area contributed by atoms with E-state index in [0.717, 1.165) is 44.8 Å². The Labute approximate surface area is 171 Å². The fourth-order valence-corrected chi connectivity index (χ4v) is 3.05. The fourth-order valence-electron chi connectivity index (χ4n) is 3.05. The molecule has 8 nitrogen and oxygen atoms in total. The zero-order valence-corrected chi connectivity index (χ0v) is 16.9. The Kier molecular flexibility index (Phi) is 8.36. The standard InChI is InChI=1S/C21H29N5O3/c1-28-13-5-8-22-19-16-18(24-20(25-19)17-6-3-2-4-7-17)21(27)23-9-10-26-11-14-29-15-12-26/h2-4,6-7,16H,5,8-15H2,1H3,(H,23,27)(H,22,24,25). The third-order valence-electron chi connectivity index (χ3n) is 4.64. The summed E-state index contributed by atoms with van der Waals surface area (Å²) in [5.41, 5.74) is 1.23. The molecule has 1 fully saturated rings. The number of hydrogen-bond acceptors (Lipinski definition) is 7. The highest BCUT2D eigenvalue weighted by molar-refractivity contribution is 5.93. The third kappa shape index (κ3) is 6.77. The highest BCUT2D eigenvalue weighted by atomic mass is 16.5. The van der Waals surface area contributed by atoms with E-state index in [2.05, 4.69) is 25.5 Å². The van der Waals surface area contributed by atoms with E-state index in [1.807, 2.05) is 30.3 Å². The lowest BCUT2D eigenvalue weighted by Crippen LogP contribution is -2.41. The number of nitrogens with one attached hydrogen (secondary N) is 2. The van der Waals surface area contributed by atoms with Crippen molar-refractivity contribution in [3.63, 3.8) is 0 Å². The third-order valence-corrected chi connectivity index (χ3v) is 4.64. The van der Waals surface area contributed by atoms with Crippen LogP contribution in [-0.2, 0) is 9.47 Å². The van der Waals surface area contributed by atoms with Gasteiger partial charge in [-0.15, -0.1) is 0 Å². The molecule has 0 saturated carbocycles. The highest BCUT2D eigenvalue weighted by Crippen LogP contribution is 2.18. The van der Waals surface area contributed by atoms with Crippen molar-refractivity contribution in [2.75, 3.05) is 65.0 Å². The lowest BCUT2D eigenvalue weighted by molar-refractivity contribution is 0.0383. The molecule has 0 radical (unpaired) electrons. The van der Waals surface area contributed by atoms with Crippen LogP contribution in [0.2, 0.25) is 0 Å². The molecule has 29 heavy (non-hydrogen) atoms. The van der Waals surface area contributed by atoms with Crippen molar-refractivity contribution in [3.8, 4) is 11.4 Å². The van der Waals surface area contributed by atoms with Crippen LogP contribution in [0.25, 0.3) is 11.4 Å². The SMILES string of the molecule is COCCCNc1cc(C(=O)NCCN2CCOCC2)nc(-c2ccccc2)n1. The second kappa shape index (κ2) is 11.5. The number of morpholine rings is 1. The molecule has 1 saturated heterocycles. The van der Waals surface area contributed by atoms with Crippen molar-refractivity contribution >= 4 is 11.7 Å². The van der Waals surface area contributed by atoms with Gasteiger partial charge in [0.2, 0.25) is 0 Å². The molecule has 0 bridgehead atoms. The second-order valence-corrected chi connectivity index (χ2v) is 6.81. The van der Waals surface area contributed by atoms with Crippen LogP contribution in [0.1, 0.15) is 16.9 Å². The Morgan fingerprint density at radius 3 is 2.72 bits per heavy atom. The van der Waals surface area contributed by atoms with Crippen LogP contribution in [0.3, 0.4) is 0 Å². The number of carbonyl (C=O) groups excluding carboxylic acids is 1. The van der Waals surface area contributed by atoms with E-state index in [9.17, 15) is 4.79 Å². The molecule has 1 aliphatic rings. The molecule has 2 heterocycles. The monoisotopic (exact) mass is 399 g/mol. The van der Waals surface area contributed by atoms with Gasteiger partial charge in [0.25, 0.3) is 5.91 Å². The van der Waals surface area contributed by atoms with Crippen LogP contribution >= 0.6 is 0 Å². The number of nitrogens with zero attached hydrogens (tertiary/aromatic N) is 3. The van der Waals surface area contributed by atoms with Crippen LogP contribution < -0.4 is 10.6 Å². The molecule has 1 aromatic carbocycles.